The van der Waals surface area contributed by atoms with Crippen LogP contribution in [0.3, 0.4) is 0 Å². The van der Waals surface area contributed by atoms with E-state index in [1.807, 2.05) is 0 Å². The normalized spacial score (nSPS) is 10.2. The highest BCUT2D eigenvalue weighted by molar-refractivity contribution is 6.31. The minimum absolute atomic E-state index is 0.139. The molecular weight excluding hydrogens is 380 g/mol. The maximum Gasteiger partial charge on any atom is 0.270 e. The predicted octanol–water partition coefficient (Wildman–Crippen LogP) is 3.32. The van der Waals surface area contributed by atoms with Gasteiger partial charge in [0.1, 0.15) is 11.4 Å². The SMILES string of the molecule is COc1ccc(Cl)cc1NC(=O)c1ccnc(C(=O)NCc2ccncc2)c1. The first-order valence-corrected chi connectivity index (χ1v) is 8.72. The predicted molar refractivity (Wildman–Crippen MR) is 106 cm³/mol. The number of carbonyl (C=O) groups excluding carboxylic acids is 2. The van der Waals surface area contributed by atoms with Crippen molar-refractivity contribution in [3.63, 3.8) is 0 Å². The molecule has 2 N–H and O–H groups in total. The molecule has 142 valence electrons. The highest BCUT2D eigenvalue weighted by atomic mass is 35.5. The number of pyridine rings is 2. The van der Waals surface area contributed by atoms with Gasteiger partial charge in [0.25, 0.3) is 11.8 Å². The molecule has 0 spiro atoms. The van der Waals surface area contributed by atoms with Gasteiger partial charge >= 0.3 is 0 Å². The second-order valence-electron chi connectivity index (χ2n) is 5.77. The summed E-state index contributed by atoms with van der Waals surface area (Å²) < 4.78 is 5.22. The molecule has 0 fully saturated rings. The molecule has 3 rings (SSSR count). The molecule has 2 amide bonds. The van der Waals surface area contributed by atoms with Crippen LogP contribution in [0.1, 0.15) is 26.4 Å². The second kappa shape index (κ2) is 8.96. The van der Waals surface area contributed by atoms with Gasteiger partial charge in [0, 0.05) is 35.7 Å². The minimum atomic E-state index is -0.411. The fraction of sp³-hybridized carbons (Fsp3) is 0.100. The summed E-state index contributed by atoms with van der Waals surface area (Å²) in [4.78, 5) is 32.9. The van der Waals surface area contributed by atoms with Gasteiger partial charge in [-0.2, -0.15) is 0 Å². The van der Waals surface area contributed by atoms with Gasteiger partial charge in [-0.1, -0.05) is 11.6 Å². The lowest BCUT2D eigenvalue weighted by molar-refractivity contribution is 0.0946. The van der Waals surface area contributed by atoms with Crippen LogP contribution in [0.4, 0.5) is 5.69 Å². The molecule has 28 heavy (non-hydrogen) atoms. The van der Waals surface area contributed by atoms with E-state index in [-0.39, 0.29) is 17.2 Å². The Morgan fingerprint density at radius 1 is 1.04 bits per heavy atom. The summed E-state index contributed by atoms with van der Waals surface area (Å²) in [5.41, 5.74) is 1.76. The Bertz CT molecular complexity index is 996. The second-order valence-corrected chi connectivity index (χ2v) is 6.20. The van der Waals surface area contributed by atoms with Gasteiger partial charge in [0.2, 0.25) is 0 Å². The van der Waals surface area contributed by atoms with Crippen molar-refractivity contribution >= 4 is 29.1 Å². The first kappa shape index (κ1) is 19.3. The average molecular weight is 397 g/mol. The number of anilines is 1. The average Bonchev–Trinajstić information content (AvgIpc) is 2.73. The molecule has 0 bridgehead atoms. The van der Waals surface area contributed by atoms with Crippen LogP contribution in [0.25, 0.3) is 0 Å². The van der Waals surface area contributed by atoms with Crippen LogP contribution in [-0.4, -0.2) is 28.9 Å². The topological polar surface area (TPSA) is 93.2 Å². The first-order valence-electron chi connectivity index (χ1n) is 8.35. The molecule has 2 heterocycles. The molecule has 0 radical (unpaired) electrons. The zero-order chi connectivity index (χ0) is 19.9. The molecule has 0 aliphatic heterocycles. The number of nitrogens with one attached hydrogen (secondary N) is 2. The molecule has 7 nitrogen and oxygen atoms in total. The van der Waals surface area contributed by atoms with Crippen molar-refractivity contribution < 1.29 is 14.3 Å². The van der Waals surface area contributed by atoms with Crippen LogP contribution in [0.2, 0.25) is 5.02 Å². The van der Waals surface area contributed by atoms with Crippen LogP contribution in [-0.2, 0) is 6.54 Å². The number of benzene rings is 1. The third kappa shape index (κ3) is 4.83. The first-order chi connectivity index (χ1) is 13.6. The fourth-order valence-electron chi connectivity index (χ4n) is 2.44. The molecule has 0 atom stereocenters. The molecule has 0 saturated heterocycles. The quantitative estimate of drug-likeness (QED) is 0.666. The minimum Gasteiger partial charge on any atom is -0.495 e. The summed E-state index contributed by atoms with van der Waals surface area (Å²) in [6.07, 6.45) is 4.70. The molecular formula is C20H17ClN4O3. The number of halogens is 1. The van der Waals surface area contributed by atoms with Crippen LogP contribution in [0.15, 0.2) is 61.1 Å². The number of ether oxygens (including phenoxy) is 1. The molecule has 0 saturated carbocycles. The summed E-state index contributed by atoms with van der Waals surface area (Å²) in [6, 6.07) is 11.4. The van der Waals surface area contributed by atoms with E-state index in [1.54, 1.807) is 42.7 Å². The van der Waals surface area contributed by atoms with E-state index in [0.717, 1.165) is 5.56 Å². The number of methoxy groups -OCH3 is 1. The Kier molecular flexibility index (Phi) is 6.18. The lowest BCUT2D eigenvalue weighted by atomic mass is 10.2. The summed E-state index contributed by atoms with van der Waals surface area (Å²) in [6.45, 7) is 0.333. The van der Waals surface area contributed by atoms with Gasteiger partial charge in [-0.25, -0.2) is 0 Å². The number of hydrogen-bond acceptors (Lipinski definition) is 5. The van der Waals surface area contributed by atoms with E-state index in [2.05, 4.69) is 20.6 Å². The van der Waals surface area contributed by atoms with Gasteiger partial charge in [0.05, 0.1) is 12.8 Å². The highest BCUT2D eigenvalue weighted by Gasteiger charge is 2.14. The molecule has 8 heteroatoms. The highest BCUT2D eigenvalue weighted by Crippen LogP contribution is 2.28. The Hall–Kier alpha value is -3.45. The third-order valence-corrected chi connectivity index (χ3v) is 4.10. The van der Waals surface area contributed by atoms with E-state index in [1.165, 1.54) is 25.4 Å². The van der Waals surface area contributed by atoms with E-state index < -0.39 is 5.91 Å². The number of amides is 2. The monoisotopic (exact) mass is 396 g/mol. The maximum atomic E-state index is 12.6. The number of aromatic nitrogens is 2. The lowest BCUT2D eigenvalue weighted by Gasteiger charge is -2.11. The van der Waals surface area contributed by atoms with Crippen LogP contribution in [0, 0.1) is 0 Å². The molecule has 0 unspecified atom stereocenters. The van der Waals surface area contributed by atoms with Crippen LogP contribution >= 0.6 is 11.6 Å². The molecule has 2 aromatic heterocycles. The standard InChI is InChI=1S/C20H17ClN4O3/c1-28-18-3-2-15(21)11-16(18)25-19(26)14-6-9-23-17(10-14)20(27)24-12-13-4-7-22-8-5-13/h2-11H,12H2,1H3,(H,24,27)(H,25,26). The van der Waals surface area contributed by atoms with Gasteiger partial charge in [-0.15, -0.1) is 0 Å². The molecule has 3 aromatic rings. The van der Waals surface area contributed by atoms with Crippen molar-refractivity contribution in [3.8, 4) is 5.75 Å². The van der Waals surface area contributed by atoms with Crippen LogP contribution in [0.5, 0.6) is 5.75 Å². The summed E-state index contributed by atoms with van der Waals surface area (Å²) in [5, 5.41) is 5.95. The van der Waals surface area contributed by atoms with Crippen molar-refractivity contribution in [1.82, 2.24) is 15.3 Å². The summed E-state index contributed by atoms with van der Waals surface area (Å²) in [7, 11) is 1.50. The molecule has 1 aromatic carbocycles. The Morgan fingerprint density at radius 3 is 2.57 bits per heavy atom. The Morgan fingerprint density at radius 2 is 1.82 bits per heavy atom. The van der Waals surface area contributed by atoms with E-state index >= 15 is 0 Å². The van der Waals surface area contributed by atoms with Gasteiger partial charge < -0.3 is 15.4 Å². The number of carbonyl (C=O) groups is 2. The largest absolute Gasteiger partial charge is 0.495 e. The number of nitrogens with zero attached hydrogens (tertiary/aromatic N) is 2. The zero-order valence-corrected chi connectivity index (χ0v) is 15.7. The Balaban J connectivity index is 1.71. The fourth-order valence-corrected chi connectivity index (χ4v) is 2.61. The maximum absolute atomic E-state index is 12.6. The smallest absolute Gasteiger partial charge is 0.270 e. The lowest BCUT2D eigenvalue weighted by Crippen LogP contribution is -2.24. The number of rotatable bonds is 6. The molecule has 0 aliphatic rings. The van der Waals surface area contributed by atoms with Crippen molar-refractivity contribution in [1.29, 1.82) is 0 Å². The third-order valence-electron chi connectivity index (χ3n) is 3.87. The van der Waals surface area contributed by atoms with E-state index in [9.17, 15) is 9.59 Å². The zero-order valence-electron chi connectivity index (χ0n) is 15.0. The van der Waals surface area contributed by atoms with E-state index in [4.69, 9.17) is 16.3 Å². The number of hydrogen-bond donors (Lipinski definition) is 2. The van der Waals surface area contributed by atoms with E-state index in [0.29, 0.717) is 23.0 Å². The Labute approximate surface area is 166 Å². The van der Waals surface area contributed by atoms with Crippen molar-refractivity contribution in [2.75, 3.05) is 12.4 Å². The van der Waals surface area contributed by atoms with Gasteiger partial charge in [-0.3, -0.25) is 19.6 Å². The summed E-state index contributed by atoms with van der Waals surface area (Å²) in [5.74, 6) is -0.319. The van der Waals surface area contributed by atoms with Gasteiger partial charge in [0.15, 0.2) is 0 Å². The van der Waals surface area contributed by atoms with Crippen molar-refractivity contribution in [3.05, 3.63) is 82.9 Å². The molecule has 0 aliphatic carbocycles. The van der Waals surface area contributed by atoms with Gasteiger partial charge in [-0.05, 0) is 48.0 Å². The van der Waals surface area contributed by atoms with Crippen molar-refractivity contribution in [2.45, 2.75) is 6.54 Å². The van der Waals surface area contributed by atoms with Crippen LogP contribution < -0.4 is 15.4 Å². The van der Waals surface area contributed by atoms with Crippen molar-refractivity contribution in [2.24, 2.45) is 0 Å². The summed E-state index contributed by atoms with van der Waals surface area (Å²) >= 11 is 5.98.